The zero-order chi connectivity index (χ0) is 15.3. The van der Waals surface area contributed by atoms with Crippen LogP contribution in [-0.4, -0.2) is 32.3 Å². The smallest absolute Gasteiger partial charge is 0.235 e. The molecule has 0 aromatic heterocycles. The molecule has 0 aliphatic carbocycles. The maximum absolute atomic E-state index is 12.4. The van der Waals surface area contributed by atoms with Crippen LogP contribution in [0.15, 0.2) is 18.2 Å². The van der Waals surface area contributed by atoms with E-state index in [9.17, 15) is 4.79 Å². The minimum absolute atomic E-state index is 0.00265. The number of nitrogens with one attached hydrogen (secondary N) is 1. The second kappa shape index (κ2) is 6.80. The van der Waals surface area contributed by atoms with E-state index in [1.165, 1.54) is 0 Å². The van der Waals surface area contributed by atoms with Gasteiger partial charge < -0.3 is 19.5 Å². The van der Waals surface area contributed by atoms with Crippen molar-refractivity contribution in [2.75, 3.05) is 31.7 Å². The number of amides is 1. The van der Waals surface area contributed by atoms with Gasteiger partial charge >= 0.3 is 0 Å². The first-order valence-corrected chi connectivity index (χ1v) is 7.44. The molecule has 21 heavy (non-hydrogen) atoms. The summed E-state index contributed by atoms with van der Waals surface area (Å²) >= 11 is 0. The second-order valence-corrected chi connectivity index (χ2v) is 5.11. The van der Waals surface area contributed by atoms with Gasteiger partial charge in [0.05, 0.1) is 31.8 Å². The Morgan fingerprint density at radius 2 is 1.86 bits per heavy atom. The molecular formula is C16H23NO4. The van der Waals surface area contributed by atoms with Crippen LogP contribution in [0, 0.1) is 5.41 Å². The molecule has 0 radical (unpaired) electrons. The Hall–Kier alpha value is -1.75. The van der Waals surface area contributed by atoms with Crippen LogP contribution in [0.25, 0.3) is 0 Å². The van der Waals surface area contributed by atoms with Gasteiger partial charge in [-0.3, -0.25) is 4.79 Å². The molecule has 1 aromatic carbocycles. The van der Waals surface area contributed by atoms with Crippen molar-refractivity contribution < 1.29 is 19.0 Å². The van der Waals surface area contributed by atoms with Crippen LogP contribution < -0.4 is 14.8 Å². The molecule has 0 atom stereocenters. The average Bonchev–Trinajstić information content (AvgIpc) is 2.41. The van der Waals surface area contributed by atoms with Crippen molar-refractivity contribution in [3.05, 3.63) is 18.2 Å². The minimum atomic E-state index is -0.385. The van der Waals surface area contributed by atoms with E-state index in [1.54, 1.807) is 6.07 Å². The molecule has 0 saturated carbocycles. The number of rotatable bonds is 7. The van der Waals surface area contributed by atoms with Crippen LogP contribution in [0.1, 0.15) is 27.2 Å². The van der Waals surface area contributed by atoms with Crippen molar-refractivity contribution in [3.8, 4) is 11.5 Å². The highest BCUT2D eigenvalue weighted by molar-refractivity contribution is 5.96. The topological polar surface area (TPSA) is 56.8 Å². The molecule has 1 aromatic rings. The summed E-state index contributed by atoms with van der Waals surface area (Å²) < 4.78 is 16.3. The Labute approximate surface area is 125 Å². The van der Waals surface area contributed by atoms with E-state index < -0.39 is 0 Å². The van der Waals surface area contributed by atoms with Crippen LogP contribution in [-0.2, 0) is 9.53 Å². The Balaban J connectivity index is 2.13. The lowest BCUT2D eigenvalue weighted by molar-refractivity contribution is -0.156. The molecule has 5 heteroatoms. The van der Waals surface area contributed by atoms with Gasteiger partial charge in [0.15, 0.2) is 11.5 Å². The van der Waals surface area contributed by atoms with Crippen LogP contribution in [0.2, 0.25) is 0 Å². The Morgan fingerprint density at radius 3 is 2.38 bits per heavy atom. The first kappa shape index (κ1) is 15.6. The molecular weight excluding hydrogens is 270 g/mol. The van der Waals surface area contributed by atoms with Gasteiger partial charge in [-0.15, -0.1) is 0 Å². The third kappa shape index (κ3) is 3.29. The van der Waals surface area contributed by atoms with E-state index in [2.05, 4.69) is 5.32 Å². The van der Waals surface area contributed by atoms with Gasteiger partial charge in [0.25, 0.3) is 0 Å². The normalized spacial score (nSPS) is 16.0. The third-order valence-corrected chi connectivity index (χ3v) is 3.72. The fourth-order valence-corrected chi connectivity index (χ4v) is 2.24. The number of ether oxygens (including phenoxy) is 3. The van der Waals surface area contributed by atoms with Crippen molar-refractivity contribution >= 4 is 11.6 Å². The number of carbonyl (C=O) groups is 1. The molecule has 1 heterocycles. The first-order chi connectivity index (χ1) is 10.1. The van der Waals surface area contributed by atoms with Crippen molar-refractivity contribution in [2.45, 2.75) is 27.2 Å². The Kier molecular flexibility index (Phi) is 5.07. The maximum atomic E-state index is 12.4. The molecule has 2 rings (SSSR count). The SMILES string of the molecule is CCOc1ccc(NC(=O)C2(CC)COC2)cc1OCC. The molecule has 0 bridgehead atoms. The highest BCUT2D eigenvalue weighted by atomic mass is 16.5. The lowest BCUT2D eigenvalue weighted by atomic mass is 9.82. The highest BCUT2D eigenvalue weighted by Gasteiger charge is 2.44. The monoisotopic (exact) mass is 293 g/mol. The molecule has 5 nitrogen and oxygen atoms in total. The van der Waals surface area contributed by atoms with Crippen LogP contribution in [0.3, 0.4) is 0 Å². The van der Waals surface area contributed by atoms with Crippen molar-refractivity contribution in [1.29, 1.82) is 0 Å². The third-order valence-electron chi connectivity index (χ3n) is 3.72. The highest BCUT2D eigenvalue weighted by Crippen LogP contribution is 2.34. The molecule has 1 amide bonds. The summed E-state index contributed by atoms with van der Waals surface area (Å²) in [5.74, 6) is 1.34. The van der Waals surface area contributed by atoms with Crippen LogP contribution in [0.5, 0.6) is 11.5 Å². The van der Waals surface area contributed by atoms with Gasteiger partial charge in [-0.1, -0.05) is 6.92 Å². The van der Waals surface area contributed by atoms with E-state index in [0.29, 0.717) is 43.6 Å². The second-order valence-electron chi connectivity index (χ2n) is 5.11. The number of carbonyl (C=O) groups excluding carboxylic acids is 1. The zero-order valence-corrected chi connectivity index (χ0v) is 12.9. The zero-order valence-electron chi connectivity index (χ0n) is 12.9. The van der Waals surface area contributed by atoms with Gasteiger partial charge in [0, 0.05) is 11.8 Å². The summed E-state index contributed by atoms with van der Waals surface area (Å²) in [6.07, 6.45) is 0.772. The fraction of sp³-hybridized carbons (Fsp3) is 0.562. The summed E-state index contributed by atoms with van der Waals surface area (Å²) in [6, 6.07) is 5.45. The maximum Gasteiger partial charge on any atom is 0.235 e. The summed E-state index contributed by atoms with van der Waals surface area (Å²) in [7, 11) is 0. The minimum Gasteiger partial charge on any atom is -0.490 e. The lowest BCUT2D eigenvalue weighted by Crippen LogP contribution is -2.51. The first-order valence-electron chi connectivity index (χ1n) is 7.44. The number of anilines is 1. The van der Waals surface area contributed by atoms with E-state index in [4.69, 9.17) is 14.2 Å². The van der Waals surface area contributed by atoms with Crippen LogP contribution in [0.4, 0.5) is 5.69 Å². The largest absolute Gasteiger partial charge is 0.490 e. The molecule has 0 unspecified atom stereocenters. The van der Waals surface area contributed by atoms with Crippen molar-refractivity contribution in [1.82, 2.24) is 0 Å². The Bertz CT molecular complexity index is 492. The van der Waals surface area contributed by atoms with Gasteiger partial charge in [-0.05, 0) is 32.4 Å². The standard InChI is InChI=1S/C16H23NO4/c1-4-16(10-19-11-16)15(18)17-12-7-8-13(20-5-2)14(9-12)21-6-3/h7-9H,4-6,10-11H2,1-3H3,(H,17,18). The summed E-state index contributed by atoms with van der Waals surface area (Å²) in [6.45, 7) is 7.94. The summed E-state index contributed by atoms with van der Waals surface area (Å²) in [5, 5.41) is 2.95. The summed E-state index contributed by atoms with van der Waals surface area (Å²) in [4.78, 5) is 12.4. The van der Waals surface area contributed by atoms with E-state index in [1.807, 2.05) is 32.9 Å². The van der Waals surface area contributed by atoms with Gasteiger partial charge in [0.1, 0.15) is 0 Å². The number of benzene rings is 1. The predicted octanol–water partition coefficient (Wildman–Crippen LogP) is 2.85. The molecule has 1 N–H and O–H groups in total. The molecule has 0 spiro atoms. The van der Waals surface area contributed by atoms with E-state index in [-0.39, 0.29) is 11.3 Å². The van der Waals surface area contributed by atoms with Gasteiger partial charge in [-0.25, -0.2) is 0 Å². The van der Waals surface area contributed by atoms with Gasteiger partial charge in [-0.2, -0.15) is 0 Å². The number of hydrogen-bond donors (Lipinski definition) is 1. The molecule has 1 saturated heterocycles. The predicted molar refractivity (Wildman–Crippen MR) is 81.0 cm³/mol. The van der Waals surface area contributed by atoms with Crippen molar-refractivity contribution in [2.24, 2.45) is 5.41 Å². The summed E-state index contributed by atoms with van der Waals surface area (Å²) in [5.41, 5.74) is 0.330. The lowest BCUT2D eigenvalue weighted by Gasteiger charge is -2.39. The number of hydrogen-bond acceptors (Lipinski definition) is 4. The van der Waals surface area contributed by atoms with E-state index in [0.717, 1.165) is 6.42 Å². The molecule has 1 aliphatic rings. The van der Waals surface area contributed by atoms with Crippen LogP contribution >= 0.6 is 0 Å². The molecule has 1 aliphatic heterocycles. The molecule has 1 fully saturated rings. The fourth-order valence-electron chi connectivity index (χ4n) is 2.24. The quantitative estimate of drug-likeness (QED) is 0.840. The van der Waals surface area contributed by atoms with Crippen molar-refractivity contribution in [3.63, 3.8) is 0 Å². The van der Waals surface area contributed by atoms with E-state index >= 15 is 0 Å². The van der Waals surface area contributed by atoms with Gasteiger partial charge in [0.2, 0.25) is 5.91 Å². The average molecular weight is 293 g/mol. The Morgan fingerprint density at radius 1 is 1.19 bits per heavy atom. The molecule has 116 valence electrons.